The van der Waals surface area contributed by atoms with Crippen LogP contribution in [0, 0.1) is 0 Å². The van der Waals surface area contributed by atoms with Gasteiger partial charge in [-0.3, -0.25) is 0 Å². The Morgan fingerprint density at radius 1 is 0.528 bits per heavy atom. The van der Waals surface area contributed by atoms with Crippen LogP contribution >= 0.6 is 11.6 Å². The first kappa shape index (κ1) is 20.8. The highest BCUT2D eigenvalue weighted by Crippen LogP contribution is 2.40. The number of halogens is 1. The largest absolute Gasteiger partial charge is 0.456 e. The Hall–Kier alpha value is -4.54. The van der Waals surface area contributed by atoms with Crippen molar-refractivity contribution >= 4 is 44.3 Å². The van der Waals surface area contributed by atoms with E-state index in [0.717, 1.165) is 43.8 Å². The second-order valence-corrected chi connectivity index (χ2v) is 9.10. The van der Waals surface area contributed by atoms with E-state index in [9.17, 15) is 0 Å². The minimum atomic E-state index is 0.547. The van der Waals surface area contributed by atoms with E-state index in [4.69, 9.17) is 31.0 Å². The average molecular weight is 484 g/mol. The van der Waals surface area contributed by atoms with Gasteiger partial charge in [0.15, 0.2) is 17.5 Å². The van der Waals surface area contributed by atoms with Crippen LogP contribution in [0.2, 0.25) is 5.02 Å². The summed E-state index contributed by atoms with van der Waals surface area (Å²) in [6, 6.07) is 36.1. The number of benzene rings is 5. The second-order valence-electron chi connectivity index (χ2n) is 8.66. The maximum absolute atomic E-state index is 6.59. The van der Waals surface area contributed by atoms with Crippen LogP contribution in [-0.2, 0) is 0 Å². The van der Waals surface area contributed by atoms with E-state index in [1.165, 1.54) is 0 Å². The third-order valence-electron chi connectivity index (χ3n) is 6.34. The third kappa shape index (κ3) is 3.51. The van der Waals surface area contributed by atoms with E-state index < -0.39 is 0 Å². The molecular formula is C31H18ClN3O. The molecule has 0 spiro atoms. The summed E-state index contributed by atoms with van der Waals surface area (Å²) in [6.45, 7) is 0. The van der Waals surface area contributed by atoms with Gasteiger partial charge >= 0.3 is 0 Å². The fourth-order valence-corrected chi connectivity index (χ4v) is 4.87. The van der Waals surface area contributed by atoms with Gasteiger partial charge in [-0.1, -0.05) is 96.5 Å². The lowest BCUT2D eigenvalue weighted by Gasteiger charge is -2.09. The van der Waals surface area contributed by atoms with E-state index in [-0.39, 0.29) is 0 Å². The van der Waals surface area contributed by atoms with Crippen LogP contribution in [0.15, 0.2) is 114 Å². The highest BCUT2D eigenvalue weighted by molar-refractivity contribution is 6.32. The number of fused-ring (bicyclic) bond motifs is 4. The smallest absolute Gasteiger partial charge is 0.164 e. The van der Waals surface area contributed by atoms with Crippen LogP contribution in [0.3, 0.4) is 0 Å². The van der Waals surface area contributed by atoms with Crippen LogP contribution in [0.25, 0.3) is 66.9 Å². The predicted molar refractivity (Wildman–Crippen MR) is 146 cm³/mol. The molecule has 7 aromatic rings. The molecule has 0 atom stereocenters. The fraction of sp³-hybridized carbons (Fsp3) is 0. The Bertz CT molecular complexity index is 1840. The van der Waals surface area contributed by atoms with Crippen LogP contribution in [0.5, 0.6) is 0 Å². The van der Waals surface area contributed by atoms with Gasteiger partial charge in [-0.2, -0.15) is 0 Å². The van der Waals surface area contributed by atoms with Gasteiger partial charge in [0.1, 0.15) is 11.2 Å². The molecule has 0 amide bonds. The van der Waals surface area contributed by atoms with E-state index in [1.54, 1.807) is 0 Å². The SMILES string of the molecule is Clc1cc(-c2nc(-c3ccccc3)nc(-c3ccccc3)n2)c2c(c1)oc1cc3ccccc3cc12. The molecule has 170 valence electrons. The Morgan fingerprint density at radius 3 is 1.72 bits per heavy atom. The van der Waals surface area contributed by atoms with Crippen molar-refractivity contribution in [1.82, 2.24) is 15.0 Å². The Morgan fingerprint density at radius 2 is 1.08 bits per heavy atom. The average Bonchev–Trinajstić information content (AvgIpc) is 3.28. The normalized spacial score (nSPS) is 11.5. The first-order valence-corrected chi connectivity index (χ1v) is 12.0. The molecule has 2 heterocycles. The first-order valence-electron chi connectivity index (χ1n) is 11.6. The summed E-state index contributed by atoms with van der Waals surface area (Å²) in [5.74, 6) is 1.75. The maximum atomic E-state index is 6.59. The van der Waals surface area contributed by atoms with Gasteiger partial charge in [0.2, 0.25) is 0 Å². The fourth-order valence-electron chi connectivity index (χ4n) is 4.66. The lowest BCUT2D eigenvalue weighted by atomic mass is 10.0. The van der Waals surface area contributed by atoms with Crippen LogP contribution < -0.4 is 0 Å². The molecule has 0 aliphatic carbocycles. The summed E-state index contributed by atoms with van der Waals surface area (Å²) in [7, 11) is 0. The van der Waals surface area contributed by atoms with Gasteiger partial charge in [-0.05, 0) is 29.0 Å². The van der Waals surface area contributed by atoms with Gasteiger partial charge in [-0.15, -0.1) is 0 Å². The standard InChI is InChI=1S/C31H18ClN3O/c32-23-17-25(28-24-15-21-13-7-8-14-22(21)16-26(24)36-27(28)18-23)31-34-29(19-9-3-1-4-10-19)33-30(35-31)20-11-5-2-6-12-20/h1-18H. The van der Waals surface area contributed by atoms with Crippen molar-refractivity contribution < 1.29 is 4.42 Å². The number of aromatic nitrogens is 3. The number of rotatable bonds is 3. The molecule has 0 saturated carbocycles. The van der Waals surface area contributed by atoms with Gasteiger partial charge in [0.25, 0.3) is 0 Å². The van der Waals surface area contributed by atoms with Gasteiger partial charge in [0.05, 0.1) is 0 Å². The van der Waals surface area contributed by atoms with Crippen LogP contribution in [0.4, 0.5) is 0 Å². The van der Waals surface area contributed by atoms with Crippen molar-refractivity contribution in [2.24, 2.45) is 0 Å². The summed E-state index contributed by atoms with van der Waals surface area (Å²) < 4.78 is 6.28. The molecule has 36 heavy (non-hydrogen) atoms. The van der Waals surface area contributed by atoms with Crippen molar-refractivity contribution in [3.05, 3.63) is 114 Å². The van der Waals surface area contributed by atoms with Gasteiger partial charge in [-0.25, -0.2) is 15.0 Å². The molecule has 0 aliphatic heterocycles. The van der Waals surface area contributed by atoms with Crippen LogP contribution in [0.1, 0.15) is 0 Å². The summed E-state index contributed by atoms with van der Waals surface area (Å²) in [4.78, 5) is 14.6. The molecule has 0 bridgehead atoms. The molecule has 4 nitrogen and oxygen atoms in total. The zero-order valence-corrected chi connectivity index (χ0v) is 19.8. The van der Waals surface area contributed by atoms with Crippen molar-refractivity contribution in [2.75, 3.05) is 0 Å². The quantitative estimate of drug-likeness (QED) is 0.252. The molecule has 0 fully saturated rings. The van der Waals surface area contributed by atoms with E-state index in [0.29, 0.717) is 28.1 Å². The molecular weight excluding hydrogens is 466 g/mol. The van der Waals surface area contributed by atoms with Crippen molar-refractivity contribution in [2.45, 2.75) is 0 Å². The highest BCUT2D eigenvalue weighted by Gasteiger charge is 2.19. The molecule has 0 N–H and O–H groups in total. The minimum Gasteiger partial charge on any atom is -0.456 e. The zero-order valence-electron chi connectivity index (χ0n) is 19.0. The van der Waals surface area contributed by atoms with E-state index >= 15 is 0 Å². The predicted octanol–water partition coefficient (Wildman–Crippen LogP) is 8.58. The van der Waals surface area contributed by atoms with Crippen molar-refractivity contribution in [1.29, 1.82) is 0 Å². The van der Waals surface area contributed by atoms with Gasteiger partial charge < -0.3 is 4.42 Å². The van der Waals surface area contributed by atoms with E-state index in [2.05, 4.69) is 24.3 Å². The van der Waals surface area contributed by atoms with E-state index in [1.807, 2.05) is 84.9 Å². The Labute approximate surface area is 211 Å². The molecule has 7 rings (SSSR count). The number of hydrogen-bond donors (Lipinski definition) is 0. The lowest BCUT2D eigenvalue weighted by molar-refractivity contribution is 0.669. The topological polar surface area (TPSA) is 51.8 Å². The molecule has 0 saturated heterocycles. The van der Waals surface area contributed by atoms with Crippen LogP contribution in [-0.4, -0.2) is 15.0 Å². The molecule has 5 aromatic carbocycles. The lowest BCUT2D eigenvalue weighted by Crippen LogP contribution is -2.00. The summed E-state index contributed by atoms with van der Waals surface area (Å²) in [5, 5.41) is 4.75. The number of hydrogen-bond acceptors (Lipinski definition) is 4. The molecule has 0 unspecified atom stereocenters. The summed E-state index contributed by atoms with van der Waals surface area (Å²) >= 11 is 6.59. The first-order chi connectivity index (χ1) is 17.7. The van der Waals surface area contributed by atoms with Crippen molar-refractivity contribution in [3.8, 4) is 34.2 Å². The summed E-state index contributed by atoms with van der Waals surface area (Å²) in [5.41, 5.74) is 4.14. The van der Waals surface area contributed by atoms with Crippen molar-refractivity contribution in [3.63, 3.8) is 0 Å². The van der Waals surface area contributed by atoms with Gasteiger partial charge in [0, 0.05) is 38.6 Å². The Kier molecular flexibility index (Phi) is 4.79. The zero-order chi connectivity index (χ0) is 24.1. The monoisotopic (exact) mass is 483 g/mol. The molecule has 5 heteroatoms. The Balaban J connectivity index is 1.55. The number of furan rings is 1. The minimum absolute atomic E-state index is 0.547. The number of nitrogens with zero attached hydrogens (tertiary/aromatic N) is 3. The second kappa shape index (κ2) is 8.29. The highest BCUT2D eigenvalue weighted by atomic mass is 35.5. The maximum Gasteiger partial charge on any atom is 0.164 e. The third-order valence-corrected chi connectivity index (χ3v) is 6.56. The molecule has 0 radical (unpaired) electrons. The molecule has 2 aromatic heterocycles. The molecule has 0 aliphatic rings. The summed E-state index contributed by atoms with van der Waals surface area (Å²) in [6.07, 6.45) is 0.